The van der Waals surface area contributed by atoms with E-state index in [1.807, 2.05) is 18.2 Å². The van der Waals surface area contributed by atoms with Crippen LogP contribution < -0.4 is 24.2 Å². The molecule has 5 rings (SSSR count). The van der Waals surface area contributed by atoms with Gasteiger partial charge in [0.1, 0.15) is 5.75 Å². The van der Waals surface area contributed by atoms with Gasteiger partial charge < -0.3 is 24.6 Å². The number of aliphatic hydroxyl groups excluding tert-OH is 1. The van der Waals surface area contributed by atoms with Crippen molar-refractivity contribution < 1.29 is 27.7 Å². The summed E-state index contributed by atoms with van der Waals surface area (Å²) in [5, 5.41) is 12.4. The van der Waals surface area contributed by atoms with E-state index in [0.717, 1.165) is 25.1 Å². The van der Waals surface area contributed by atoms with E-state index in [1.54, 1.807) is 42.5 Å². The minimum Gasteiger partial charge on any atom is -0.497 e. The average Bonchev–Trinajstić information content (AvgIpc) is 2.95. The summed E-state index contributed by atoms with van der Waals surface area (Å²) in [7, 11) is -0.989. The molecule has 1 aliphatic rings. The number of methoxy groups -OCH3 is 2. The van der Waals surface area contributed by atoms with E-state index in [0.29, 0.717) is 46.9 Å². The molecule has 0 unspecified atom stereocenters. The fourth-order valence-electron chi connectivity index (χ4n) is 4.41. The SMILES string of the molecule is COc1cc(Nc2nc3ccccc3nc2NS(=O)(=O)c2cccc(CN3CCC3)c2)c(OCCCO)c(OC)c1. The van der Waals surface area contributed by atoms with Gasteiger partial charge in [-0.1, -0.05) is 24.3 Å². The Morgan fingerprint density at radius 3 is 2.37 bits per heavy atom. The summed E-state index contributed by atoms with van der Waals surface area (Å²) in [6, 6.07) is 17.4. The highest BCUT2D eigenvalue weighted by Gasteiger charge is 2.22. The van der Waals surface area contributed by atoms with Crippen LogP contribution in [0.5, 0.6) is 17.2 Å². The molecule has 2 heterocycles. The number of rotatable bonds is 13. The Bertz CT molecular complexity index is 1630. The molecule has 0 radical (unpaired) electrons. The third-order valence-electron chi connectivity index (χ3n) is 6.65. The molecule has 0 amide bonds. The van der Waals surface area contributed by atoms with Crippen LogP contribution in [0.25, 0.3) is 11.0 Å². The molecule has 12 heteroatoms. The van der Waals surface area contributed by atoms with Crippen molar-refractivity contribution >= 4 is 38.4 Å². The lowest BCUT2D eigenvalue weighted by Gasteiger charge is -2.30. The van der Waals surface area contributed by atoms with Gasteiger partial charge in [0.25, 0.3) is 10.0 Å². The number of aromatic nitrogens is 2. The largest absolute Gasteiger partial charge is 0.497 e. The minimum atomic E-state index is -4.02. The summed E-state index contributed by atoms with van der Waals surface area (Å²) in [6.07, 6.45) is 1.57. The first-order chi connectivity index (χ1) is 19.9. The van der Waals surface area contributed by atoms with Crippen LogP contribution in [0.15, 0.2) is 65.6 Å². The van der Waals surface area contributed by atoms with E-state index in [2.05, 4.69) is 24.9 Å². The van der Waals surface area contributed by atoms with Gasteiger partial charge in [-0.2, -0.15) is 0 Å². The average molecular weight is 580 g/mol. The van der Waals surface area contributed by atoms with Gasteiger partial charge in [0.15, 0.2) is 23.1 Å². The fraction of sp³-hybridized carbons (Fsp3) is 0.310. The van der Waals surface area contributed by atoms with Crippen molar-refractivity contribution in [2.24, 2.45) is 0 Å². The molecule has 0 atom stereocenters. The molecule has 1 aromatic heterocycles. The molecule has 1 fully saturated rings. The quantitative estimate of drug-likeness (QED) is 0.198. The van der Waals surface area contributed by atoms with Crippen LogP contribution in [0.3, 0.4) is 0 Å². The number of ether oxygens (including phenoxy) is 3. The molecule has 0 bridgehead atoms. The summed E-state index contributed by atoms with van der Waals surface area (Å²) in [5.41, 5.74) is 2.42. The van der Waals surface area contributed by atoms with E-state index in [1.165, 1.54) is 14.2 Å². The molecule has 0 aliphatic carbocycles. The zero-order valence-corrected chi connectivity index (χ0v) is 23.8. The smallest absolute Gasteiger partial charge is 0.263 e. The number of sulfonamides is 1. The Morgan fingerprint density at radius 1 is 0.951 bits per heavy atom. The van der Waals surface area contributed by atoms with Crippen LogP contribution in [0.1, 0.15) is 18.4 Å². The number of nitrogens with one attached hydrogen (secondary N) is 2. The fourth-order valence-corrected chi connectivity index (χ4v) is 5.49. The van der Waals surface area contributed by atoms with Crippen LogP contribution in [-0.4, -0.2) is 68.9 Å². The molecule has 4 aromatic rings. The molecule has 216 valence electrons. The highest BCUT2D eigenvalue weighted by molar-refractivity contribution is 7.92. The number of hydrogen-bond acceptors (Lipinski definition) is 10. The maximum atomic E-state index is 13.6. The molecule has 41 heavy (non-hydrogen) atoms. The van der Waals surface area contributed by atoms with Crippen molar-refractivity contribution in [3.8, 4) is 17.2 Å². The van der Waals surface area contributed by atoms with Crippen LogP contribution in [0, 0.1) is 0 Å². The lowest BCUT2D eigenvalue weighted by atomic mass is 10.1. The second-order valence-corrected chi connectivity index (χ2v) is 11.2. The highest BCUT2D eigenvalue weighted by Crippen LogP contribution is 2.42. The van der Waals surface area contributed by atoms with Crippen molar-refractivity contribution in [2.75, 3.05) is 50.6 Å². The molecular weight excluding hydrogens is 546 g/mol. The molecule has 0 spiro atoms. The van der Waals surface area contributed by atoms with Gasteiger partial charge in [0.2, 0.25) is 0 Å². The monoisotopic (exact) mass is 579 g/mol. The molecule has 1 saturated heterocycles. The third-order valence-corrected chi connectivity index (χ3v) is 7.99. The van der Waals surface area contributed by atoms with Gasteiger partial charge in [-0.3, -0.25) is 9.62 Å². The van der Waals surface area contributed by atoms with Crippen LogP contribution in [0.2, 0.25) is 0 Å². The second-order valence-electron chi connectivity index (χ2n) is 9.55. The Hall–Kier alpha value is -4.13. The normalized spacial score (nSPS) is 13.4. The zero-order chi connectivity index (χ0) is 28.8. The first-order valence-electron chi connectivity index (χ1n) is 13.3. The molecule has 0 saturated carbocycles. The summed E-state index contributed by atoms with van der Waals surface area (Å²) in [6.45, 7) is 2.91. The van der Waals surface area contributed by atoms with Crippen molar-refractivity contribution in [3.05, 3.63) is 66.2 Å². The first-order valence-corrected chi connectivity index (χ1v) is 14.8. The van der Waals surface area contributed by atoms with Crippen LogP contribution in [0.4, 0.5) is 17.3 Å². The van der Waals surface area contributed by atoms with Crippen LogP contribution >= 0.6 is 0 Å². The van der Waals surface area contributed by atoms with E-state index in [9.17, 15) is 13.5 Å². The standard InChI is InChI=1S/C29H33N5O6S/c1-38-21-17-25(27(26(18-21)39-2)40-15-7-14-35)32-28-29(31-24-11-4-3-10-23(24)30-28)33-41(36,37)22-9-5-8-20(16-22)19-34-12-6-13-34/h3-5,8-11,16-18,35H,6-7,12-15,19H2,1-2H3,(H,30,32)(H,31,33). The van der Waals surface area contributed by atoms with Gasteiger partial charge in [0.05, 0.1) is 42.4 Å². The van der Waals surface area contributed by atoms with Crippen molar-refractivity contribution in [1.82, 2.24) is 14.9 Å². The number of aliphatic hydroxyl groups is 1. The van der Waals surface area contributed by atoms with E-state index in [-0.39, 0.29) is 29.7 Å². The summed E-state index contributed by atoms with van der Waals surface area (Å²) in [5.74, 6) is 1.39. The van der Waals surface area contributed by atoms with Crippen molar-refractivity contribution in [2.45, 2.75) is 24.3 Å². The van der Waals surface area contributed by atoms with Crippen molar-refractivity contribution in [1.29, 1.82) is 0 Å². The van der Waals surface area contributed by atoms with E-state index in [4.69, 9.17) is 14.2 Å². The Balaban J connectivity index is 1.53. The Labute approximate surface area is 239 Å². The molecule has 1 aliphatic heterocycles. The summed E-state index contributed by atoms with van der Waals surface area (Å²) in [4.78, 5) is 11.7. The predicted octanol–water partition coefficient (Wildman–Crippen LogP) is 4.16. The molecular formula is C29H33N5O6S. The topological polar surface area (TPSA) is 135 Å². The lowest BCUT2D eigenvalue weighted by Crippen LogP contribution is -2.36. The third kappa shape index (κ3) is 6.62. The Morgan fingerprint density at radius 2 is 1.71 bits per heavy atom. The van der Waals surface area contributed by atoms with Gasteiger partial charge in [-0.25, -0.2) is 18.4 Å². The summed E-state index contributed by atoms with van der Waals surface area (Å²) < 4.78 is 46.7. The first kappa shape index (κ1) is 28.4. The maximum Gasteiger partial charge on any atom is 0.263 e. The number of likely N-dealkylation sites (tertiary alicyclic amines) is 1. The second kappa shape index (κ2) is 12.6. The maximum absolute atomic E-state index is 13.6. The number of hydrogen-bond donors (Lipinski definition) is 3. The number of nitrogens with zero attached hydrogens (tertiary/aromatic N) is 3. The molecule has 3 N–H and O–H groups in total. The number of para-hydroxylation sites is 2. The van der Waals surface area contributed by atoms with Gasteiger partial charge >= 0.3 is 0 Å². The summed E-state index contributed by atoms with van der Waals surface area (Å²) >= 11 is 0. The van der Waals surface area contributed by atoms with Gasteiger partial charge in [0, 0.05) is 31.7 Å². The number of fused-ring (bicyclic) bond motifs is 1. The van der Waals surface area contributed by atoms with Crippen molar-refractivity contribution in [3.63, 3.8) is 0 Å². The number of anilines is 3. The highest BCUT2D eigenvalue weighted by atomic mass is 32.2. The minimum absolute atomic E-state index is 0.0138. The predicted molar refractivity (Wildman–Crippen MR) is 157 cm³/mol. The molecule has 11 nitrogen and oxygen atoms in total. The molecule has 3 aromatic carbocycles. The van der Waals surface area contributed by atoms with Gasteiger partial charge in [-0.15, -0.1) is 0 Å². The van der Waals surface area contributed by atoms with E-state index < -0.39 is 10.0 Å². The Kier molecular flexibility index (Phi) is 8.72. The lowest BCUT2D eigenvalue weighted by molar-refractivity contribution is 0.172. The van der Waals surface area contributed by atoms with Gasteiger partial charge in [-0.05, 0) is 49.3 Å². The zero-order valence-electron chi connectivity index (χ0n) is 23.0. The van der Waals surface area contributed by atoms with Crippen LogP contribution in [-0.2, 0) is 16.6 Å². The van der Waals surface area contributed by atoms with E-state index >= 15 is 0 Å². The number of benzene rings is 3.